The second-order valence-corrected chi connectivity index (χ2v) is 5.08. The average molecular weight is 206 g/mol. The minimum Gasteiger partial charge on any atom is -0.379 e. The number of thioether (sulfide) groups is 1. The highest BCUT2D eigenvalue weighted by molar-refractivity contribution is 8.00. The fourth-order valence-corrected chi connectivity index (χ4v) is 2.42. The number of hydrogen-bond acceptors (Lipinski definition) is 3. The number of thiophene rings is 1. The first-order valence-electron chi connectivity index (χ1n) is 3.43. The van der Waals surface area contributed by atoms with E-state index in [1.54, 1.807) is 11.3 Å². The van der Waals surface area contributed by atoms with E-state index in [2.05, 4.69) is 5.32 Å². The molecular weight excluding hydrogens is 198 g/mol. The number of nitrogens with one attached hydrogen (secondary N) is 1. The summed E-state index contributed by atoms with van der Waals surface area (Å²) in [5.41, 5.74) is 1.10. The van der Waals surface area contributed by atoms with Crippen LogP contribution in [0.1, 0.15) is 0 Å². The Bertz CT molecular complexity index is 244. The Balaban J connectivity index is 1.99. The Kier molecular flexibility index (Phi) is 2.30. The van der Waals surface area contributed by atoms with Gasteiger partial charge < -0.3 is 5.32 Å². The monoisotopic (exact) mass is 205 g/mol. The average Bonchev–Trinajstić information content (AvgIpc) is 2.27. The van der Waals surface area contributed by atoms with Crippen molar-refractivity contribution in [2.75, 3.05) is 16.8 Å². The van der Waals surface area contributed by atoms with Crippen LogP contribution in [-0.2, 0) is 0 Å². The molecule has 60 valence electrons. The second-order valence-electron chi connectivity index (χ2n) is 2.49. The Morgan fingerprint density at radius 2 is 2.36 bits per heavy atom. The van der Waals surface area contributed by atoms with Crippen LogP contribution in [0.15, 0.2) is 11.4 Å². The Morgan fingerprint density at radius 1 is 1.55 bits per heavy atom. The maximum absolute atomic E-state index is 5.91. The second kappa shape index (κ2) is 3.25. The minimum absolute atomic E-state index is 0.645. The number of halogens is 1. The molecule has 4 heteroatoms. The zero-order valence-electron chi connectivity index (χ0n) is 5.84. The van der Waals surface area contributed by atoms with Crippen molar-refractivity contribution < 1.29 is 0 Å². The van der Waals surface area contributed by atoms with Gasteiger partial charge in [-0.15, -0.1) is 11.3 Å². The first-order chi connectivity index (χ1) is 5.36. The highest BCUT2D eigenvalue weighted by Crippen LogP contribution is 2.30. The van der Waals surface area contributed by atoms with E-state index in [1.165, 1.54) is 11.5 Å². The highest BCUT2D eigenvalue weighted by Gasteiger charge is 2.18. The third-order valence-corrected chi connectivity index (χ3v) is 4.06. The fraction of sp³-hybridized carbons (Fsp3) is 0.429. The first kappa shape index (κ1) is 7.77. The van der Waals surface area contributed by atoms with Gasteiger partial charge in [-0.25, -0.2) is 0 Å². The van der Waals surface area contributed by atoms with Crippen molar-refractivity contribution in [2.24, 2.45) is 0 Å². The molecule has 0 spiro atoms. The van der Waals surface area contributed by atoms with E-state index in [4.69, 9.17) is 11.6 Å². The lowest BCUT2D eigenvalue weighted by Gasteiger charge is -2.26. The summed E-state index contributed by atoms with van der Waals surface area (Å²) < 4.78 is 0.877. The summed E-state index contributed by atoms with van der Waals surface area (Å²) in [5.74, 6) is 2.43. The SMILES string of the molecule is Clc1sccc1NC1CSC1. The van der Waals surface area contributed by atoms with Crippen molar-refractivity contribution in [3.05, 3.63) is 15.8 Å². The molecule has 1 fully saturated rings. The van der Waals surface area contributed by atoms with Crippen molar-refractivity contribution in [1.29, 1.82) is 0 Å². The van der Waals surface area contributed by atoms with Gasteiger partial charge in [0.1, 0.15) is 4.34 Å². The lowest BCUT2D eigenvalue weighted by molar-refractivity contribution is 0.884. The molecule has 0 bridgehead atoms. The quantitative estimate of drug-likeness (QED) is 0.797. The van der Waals surface area contributed by atoms with Gasteiger partial charge in [-0.2, -0.15) is 11.8 Å². The molecule has 1 aromatic rings. The smallest absolute Gasteiger partial charge is 0.116 e. The van der Waals surface area contributed by atoms with Gasteiger partial charge in [0.15, 0.2) is 0 Å². The van der Waals surface area contributed by atoms with Crippen molar-refractivity contribution in [3.8, 4) is 0 Å². The van der Waals surface area contributed by atoms with Crippen LogP contribution in [0.3, 0.4) is 0 Å². The van der Waals surface area contributed by atoms with Gasteiger partial charge in [0.2, 0.25) is 0 Å². The van der Waals surface area contributed by atoms with Gasteiger partial charge in [0.25, 0.3) is 0 Å². The van der Waals surface area contributed by atoms with E-state index in [9.17, 15) is 0 Å². The summed E-state index contributed by atoms with van der Waals surface area (Å²) in [6.45, 7) is 0. The van der Waals surface area contributed by atoms with Crippen LogP contribution in [0.5, 0.6) is 0 Å². The van der Waals surface area contributed by atoms with E-state index in [0.29, 0.717) is 6.04 Å². The summed E-state index contributed by atoms with van der Waals surface area (Å²) >= 11 is 9.46. The Hall–Kier alpha value is 0.140. The van der Waals surface area contributed by atoms with Gasteiger partial charge in [0.05, 0.1) is 5.69 Å². The molecule has 2 rings (SSSR count). The van der Waals surface area contributed by atoms with Crippen LogP contribution in [0, 0.1) is 0 Å². The molecule has 0 unspecified atom stereocenters. The van der Waals surface area contributed by atoms with E-state index >= 15 is 0 Å². The molecule has 0 aromatic carbocycles. The van der Waals surface area contributed by atoms with E-state index in [1.807, 2.05) is 23.2 Å². The van der Waals surface area contributed by atoms with Gasteiger partial charge in [-0.1, -0.05) is 11.6 Å². The van der Waals surface area contributed by atoms with Crippen LogP contribution in [0.4, 0.5) is 5.69 Å². The standard InChI is InChI=1S/C7H8ClNS2/c8-7-6(1-2-11-7)9-5-3-10-4-5/h1-2,5,9H,3-4H2. The molecule has 1 saturated heterocycles. The molecule has 1 aliphatic heterocycles. The van der Waals surface area contributed by atoms with E-state index in [0.717, 1.165) is 10.0 Å². The molecule has 2 heterocycles. The predicted molar refractivity (Wildman–Crippen MR) is 54.1 cm³/mol. The largest absolute Gasteiger partial charge is 0.379 e. The topological polar surface area (TPSA) is 12.0 Å². The van der Waals surface area contributed by atoms with Crippen LogP contribution in [0.25, 0.3) is 0 Å². The van der Waals surface area contributed by atoms with E-state index in [-0.39, 0.29) is 0 Å². The summed E-state index contributed by atoms with van der Waals surface area (Å²) in [5, 5.41) is 5.39. The Morgan fingerprint density at radius 3 is 2.82 bits per heavy atom. The maximum atomic E-state index is 5.91. The molecule has 1 N–H and O–H groups in total. The van der Waals surface area contributed by atoms with E-state index < -0.39 is 0 Å². The number of hydrogen-bond donors (Lipinski definition) is 1. The van der Waals surface area contributed by atoms with Gasteiger partial charge in [-0.05, 0) is 11.4 Å². The highest BCUT2D eigenvalue weighted by atomic mass is 35.5. The minimum atomic E-state index is 0.645. The van der Waals surface area contributed by atoms with Gasteiger partial charge in [0, 0.05) is 17.5 Å². The molecule has 0 radical (unpaired) electrons. The molecule has 1 nitrogen and oxygen atoms in total. The Labute approximate surface area is 79.1 Å². The van der Waals surface area contributed by atoms with Crippen molar-refractivity contribution in [1.82, 2.24) is 0 Å². The van der Waals surface area contributed by atoms with Crippen molar-refractivity contribution in [2.45, 2.75) is 6.04 Å². The van der Waals surface area contributed by atoms with Crippen molar-refractivity contribution >= 4 is 40.4 Å². The molecule has 1 aromatic heterocycles. The lowest BCUT2D eigenvalue weighted by Crippen LogP contribution is -2.33. The van der Waals surface area contributed by atoms with Crippen LogP contribution in [-0.4, -0.2) is 17.5 Å². The summed E-state index contributed by atoms with van der Waals surface area (Å²) in [6.07, 6.45) is 0. The lowest BCUT2D eigenvalue weighted by atomic mass is 10.3. The summed E-state index contributed by atoms with van der Waals surface area (Å²) in [6, 6.07) is 2.68. The van der Waals surface area contributed by atoms with Gasteiger partial charge in [-0.3, -0.25) is 0 Å². The zero-order chi connectivity index (χ0) is 7.68. The molecule has 11 heavy (non-hydrogen) atoms. The van der Waals surface area contributed by atoms with Crippen LogP contribution < -0.4 is 5.32 Å². The summed E-state index contributed by atoms with van der Waals surface area (Å²) in [7, 11) is 0. The van der Waals surface area contributed by atoms with Crippen LogP contribution in [0.2, 0.25) is 4.34 Å². The molecular formula is C7H8ClNS2. The number of anilines is 1. The normalized spacial score (nSPS) is 17.9. The number of rotatable bonds is 2. The van der Waals surface area contributed by atoms with Crippen LogP contribution >= 0.6 is 34.7 Å². The first-order valence-corrected chi connectivity index (χ1v) is 5.85. The summed E-state index contributed by atoms with van der Waals surface area (Å²) in [4.78, 5) is 0. The zero-order valence-corrected chi connectivity index (χ0v) is 8.23. The third kappa shape index (κ3) is 1.66. The maximum Gasteiger partial charge on any atom is 0.116 e. The molecule has 1 aliphatic rings. The molecule has 0 amide bonds. The third-order valence-electron chi connectivity index (χ3n) is 1.62. The molecule has 0 aliphatic carbocycles. The van der Waals surface area contributed by atoms with Crippen molar-refractivity contribution in [3.63, 3.8) is 0 Å². The molecule has 0 saturated carbocycles. The fourth-order valence-electron chi connectivity index (χ4n) is 0.935. The van der Waals surface area contributed by atoms with Gasteiger partial charge >= 0.3 is 0 Å². The molecule has 0 atom stereocenters. The predicted octanol–water partition coefficient (Wildman–Crippen LogP) is 2.93.